The van der Waals surface area contributed by atoms with Crippen molar-refractivity contribution < 1.29 is 4.39 Å². The predicted octanol–water partition coefficient (Wildman–Crippen LogP) is 2.82. The van der Waals surface area contributed by atoms with Crippen LogP contribution in [0.5, 0.6) is 0 Å². The smallest absolute Gasteiger partial charge is 0.124 e. The van der Waals surface area contributed by atoms with Crippen LogP contribution in [-0.2, 0) is 6.54 Å². The average Bonchev–Trinajstić information content (AvgIpc) is 2.75. The summed E-state index contributed by atoms with van der Waals surface area (Å²) in [5, 5.41) is 7.44. The van der Waals surface area contributed by atoms with E-state index in [4.69, 9.17) is 11.1 Å². The molecule has 21 heavy (non-hydrogen) atoms. The van der Waals surface area contributed by atoms with Crippen LogP contribution in [-0.4, -0.2) is 15.4 Å². The highest BCUT2D eigenvalue weighted by molar-refractivity contribution is 5.95. The molecule has 3 rings (SSSR count). The van der Waals surface area contributed by atoms with Gasteiger partial charge in [0.15, 0.2) is 0 Å². The molecule has 0 radical (unpaired) electrons. The fourth-order valence-electron chi connectivity index (χ4n) is 2.48. The van der Waals surface area contributed by atoms with Crippen molar-refractivity contribution in [1.29, 1.82) is 5.41 Å². The third-order valence-corrected chi connectivity index (χ3v) is 3.45. The van der Waals surface area contributed by atoms with Gasteiger partial charge in [-0.25, -0.2) is 9.37 Å². The minimum Gasteiger partial charge on any atom is -0.384 e. The lowest BCUT2D eigenvalue weighted by atomic mass is 10.1. The Bertz CT molecular complexity index is 835. The van der Waals surface area contributed by atoms with Crippen LogP contribution in [0.1, 0.15) is 17.0 Å². The van der Waals surface area contributed by atoms with Crippen LogP contribution in [0.2, 0.25) is 0 Å². The molecule has 106 valence electrons. The number of halogens is 1. The van der Waals surface area contributed by atoms with Crippen LogP contribution >= 0.6 is 0 Å². The summed E-state index contributed by atoms with van der Waals surface area (Å²) in [7, 11) is 0. The SMILES string of the molecule is Cc1nc2ccccc2n1Cc1cc(F)cc(C(=N)N)c1. The lowest BCUT2D eigenvalue weighted by Crippen LogP contribution is -2.12. The van der Waals surface area contributed by atoms with Crippen molar-refractivity contribution >= 4 is 16.9 Å². The fourth-order valence-corrected chi connectivity index (χ4v) is 2.48. The largest absolute Gasteiger partial charge is 0.384 e. The number of fused-ring (bicyclic) bond motifs is 1. The summed E-state index contributed by atoms with van der Waals surface area (Å²) in [5.74, 6) is 0.340. The minimum atomic E-state index is -0.389. The van der Waals surface area contributed by atoms with Crippen molar-refractivity contribution in [2.75, 3.05) is 0 Å². The number of para-hydroxylation sites is 2. The second kappa shape index (κ2) is 5.01. The fraction of sp³-hybridized carbons (Fsp3) is 0.125. The maximum absolute atomic E-state index is 13.7. The van der Waals surface area contributed by atoms with Crippen molar-refractivity contribution in [2.45, 2.75) is 13.5 Å². The molecule has 0 bridgehead atoms. The molecule has 1 aromatic heterocycles. The number of benzene rings is 2. The van der Waals surface area contributed by atoms with Gasteiger partial charge in [-0.15, -0.1) is 0 Å². The van der Waals surface area contributed by atoms with E-state index in [1.165, 1.54) is 12.1 Å². The van der Waals surface area contributed by atoms with Gasteiger partial charge in [0.25, 0.3) is 0 Å². The molecule has 0 aliphatic heterocycles. The van der Waals surface area contributed by atoms with Crippen molar-refractivity contribution in [3.8, 4) is 0 Å². The first kappa shape index (κ1) is 13.3. The molecule has 0 aliphatic carbocycles. The van der Waals surface area contributed by atoms with E-state index in [2.05, 4.69) is 4.98 Å². The molecule has 0 atom stereocenters. The van der Waals surface area contributed by atoms with E-state index in [9.17, 15) is 4.39 Å². The number of hydrogen-bond donors (Lipinski definition) is 2. The van der Waals surface area contributed by atoms with E-state index in [1.54, 1.807) is 6.07 Å². The lowest BCUT2D eigenvalue weighted by Gasteiger charge is -2.09. The van der Waals surface area contributed by atoms with Gasteiger partial charge in [-0.1, -0.05) is 12.1 Å². The van der Waals surface area contributed by atoms with Gasteiger partial charge in [0.2, 0.25) is 0 Å². The Morgan fingerprint density at radius 2 is 2.05 bits per heavy atom. The number of aryl methyl sites for hydroxylation is 1. The maximum atomic E-state index is 13.7. The molecule has 3 N–H and O–H groups in total. The van der Waals surface area contributed by atoms with E-state index in [0.717, 1.165) is 22.4 Å². The summed E-state index contributed by atoms with van der Waals surface area (Å²) in [6.07, 6.45) is 0. The Balaban J connectivity index is 2.06. The summed E-state index contributed by atoms with van der Waals surface area (Å²) in [4.78, 5) is 4.49. The van der Waals surface area contributed by atoms with Gasteiger partial charge in [0.1, 0.15) is 17.5 Å². The zero-order valence-corrected chi connectivity index (χ0v) is 11.6. The topological polar surface area (TPSA) is 67.7 Å². The van der Waals surface area contributed by atoms with Crippen LogP contribution in [0.25, 0.3) is 11.0 Å². The number of nitrogens with two attached hydrogens (primary N) is 1. The molecule has 0 spiro atoms. The van der Waals surface area contributed by atoms with Crippen molar-refractivity contribution in [2.24, 2.45) is 5.73 Å². The molecular formula is C16H15FN4. The average molecular weight is 282 g/mol. The summed E-state index contributed by atoms with van der Waals surface area (Å²) < 4.78 is 15.7. The molecule has 0 aliphatic rings. The quantitative estimate of drug-likeness (QED) is 0.573. The van der Waals surface area contributed by atoms with Gasteiger partial charge in [-0.05, 0) is 42.8 Å². The van der Waals surface area contributed by atoms with Crippen molar-refractivity contribution in [1.82, 2.24) is 9.55 Å². The Labute approximate surface area is 121 Å². The summed E-state index contributed by atoms with van der Waals surface area (Å²) in [5.41, 5.74) is 8.51. The third kappa shape index (κ3) is 2.50. The first-order valence-corrected chi connectivity index (χ1v) is 6.60. The number of amidine groups is 1. The Kier molecular flexibility index (Phi) is 3.17. The zero-order valence-electron chi connectivity index (χ0n) is 11.6. The number of nitrogens with one attached hydrogen (secondary N) is 1. The molecule has 1 heterocycles. The Morgan fingerprint density at radius 3 is 2.81 bits per heavy atom. The highest BCUT2D eigenvalue weighted by Crippen LogP contribution is 2.18. The monoisotopic (exact) mass is 282 g/mol. The molecule has 0 unspecified atom stereocenters. The molecule has 5 heteroatoms. The number of aromatic nitrogens is 2. The number of hydrogen-bond acceptors (Lipinski definition) is 2. The Hall–Kier alpha value is -2.69. The number of nitrogens with zero attached hydrogens (tertiary/aromatic N) is 2. The molecule has 2 aromatic carbocycles. The number of imidazole rings is 1. The first-order valence-electron chi connectivity index (χ1n) is 6.60. The summed E-state index contributed by atoms with van der Waals surface area (Å²) in [6.45, 7) is 2.41. The predicted molar refractivity (Wildman–Crippen MR) is 81.0 cm³/mol. The van der Waals surface area contributed by atoms with Gasteiger partial charge >= 0.3 is 0 Å². The molecule has 4 nitrogen and oxygen atoms in total. The van der Waals surface area contributed by atoms with Gasteiger partial charge in [0, 0.05) is 12.1 Å². The second-order valence-electron chi connectivity index (χ2n) is 5.00. The van der Waals surface area contributed by atoms with Gasteiger partial charge < -0.3 is 10.3 Å². The van der Waals surface area contributed by atoms with Gasteiger partial charge in [-0.3, -0.25) is 5.41 Å². The van der Waals surface area contributed by atoms with Crippen molar-refractivity contribution in [3.05, 3.63) is 65.2 Å². The van der Waals surface area contributed by atoms with E-state index in [1.807, 2.05) is 35.8 Å². The lowest BCUT2D eigenvalue weighted by molar-refractivity contribution is 0.623. The van der Waals surface area contributed by atoms with E-state index in [-0.39, 0.29) is 11.7 Å². The Morgan fingerprint density at radius 1 is 1.29 bits per heavy atom. The summed E-state index contributed by atoms with van der Waals surface area (Å²) >= 11 is 0. The van der Waals surface area contributed by atoms with Crippen LogP contribution in [0.4, 0.5) is 4.39 Å². The number of rotatable bonds is 3. The standard InChI is InChI=1S/C16H15FN4/c1-10-20-14-4-2-3-5-15(14)21(10)9-11-6-12(16(18)19)8-13(17)7-11/h2-8H,9H2,1H3,(H3,18,19). The molecule has 0 amide bonds. The highest BCUT2D eigenvalue weighted by atomic mass is 19.1. The van der Waals surface area contributed by atoms with Crippen LogP contribution in [0, 0.1) is 18.2 Å². The van der Waals surface area contributed by atoms with Crippen molar-refractivity contribution in [3.63, 3.8) is 0 Å². The maximum Gasteiger partial charge on any atom is 0.124 e. The van der Waals surface area contributed by atoms with E-state index >= 15 is 0 Å². The molecule has 3 aromatic rings. The van der Waals surface area contributed by atoms with Crippen LogP contribution in [0.15, 0.2) is 42.5 Å². The molecule has 0 saturated heterocycles. The highest BCUT2D eigenvalue weighted by Gasteiger charge is 2.09. The molecule has 0 saturated carbocycles. The van der Waals surface area contributed by atoms with Crippen LogP contribution < -0.4 is 5.73 Å². The summed E-state index contributed by atoms with van der Waals surface area (Å²) in [6, 6.07) is 12.3. The first-order chi connectivity index (χ1) is 10.0. The van der Waals surface area contributed by atoms with Gasteiger partial charge in [0.05, 0.1) is 11.0 Å². The molecule has 0 fully saturated rings. The normalized spacial score (nSPS) is 11.0. The third-order valence-electron chi connectivity index (χ3n) is 3.45. The van der Waals surface area contributed by atoms with Crippen LogP contribution in [0.3, 0.4) is 0 Å². The zero-order chi connectivity index (χ0) is 15.0. The second-order valence-corrected chi connectivity index (χ2v) is 5.00. The number of nitrogen functional groups attached to an aromatic ring is 1. The van der Waals surface area contributed by atoms with E-state index < -0.39 is 0 Å². The minimum absolute atomic E-state index is 0.136. The van der Waals surface area contributed by atoms with Gasteiger partial charge in [-0.2, -0.15) is 0 Å². The van der Waals surface area contributed by atoms with E-state index in [0.29, 0.717) is 12.1 Å². The molecular weight excluding hydrogens is 267 g/mol.